The Kier molecular flexibility index (Phi) is 2.84. The van der Waals surface area contributed by atoms with Gasteiger partial charge >= 0.3 is 5.97 Å². The second-order valence-corrected chi connectivity index (χ2v) is 6.11. The molecule has 98 valence electrons. The second kappa shape index (κ2) is 3.97. The van der Waals surface area contributed by atoms with E-state index in [1.54, 1.807) is 12.3 Å². The molecule has 4 heteroatoms. The van der Waals surface area contributed by atoms with Crippen LogP contribution in [0, 0.1) is 16.7 Å². The Hall–Kier alpha value is -1.58. The molecule has 2 rings (SSSR count). The van der Waals surface area contributed by atoms with Crippen LogP contribution < -0.4 is 5.32 Å². The highest BCUT2D eigenvalue weighted by Gasteiger charge is 2.63. The third-order valence-corrected chi connectivity index (χ3v) is 4.81. The molecule has 1 aromatic heterocycles. The van der Waals surface area contributed by atoms with Crippen LogP contribution in [0.3, 0.4) is 0 Å². The van der Waals surface area contributed by atoms with Crippen LogP contribution in [-0.2, 0) is 0 Å². The normalized spacial score (nSPS) is 20.4. The second-order valence-electron chi connectivity index (χ2n) is 6.11. The number of carboxylic acids is 1. The van der Waals surface area contributed by atoms with Crippen molar-refractivity contribution in [1.29, 1.82) is 0 Å². The van der Waals surface area contributed by atoms with Crippen LogP contribution in [0.2, 0.25) is 0 Å². The van der Waals surface area contributed by atoms with Crippen molar-refractivity contribution >= 4 is 11.7 Å². The zero-order valence-electron chi connectivity index (χ0n) is 11.3. The summed E-state index contributed by atoms with van der Waals surface area (Å²) in [4.78, 5) is 14.6. The highest BCUT2D eigenvalue weighted by atomic mass is 16.4. The van der Waals surface area contributed by atoms with Crippen molar-refractivity contribution in [2.24, 2.45) is 16.7 Å². The minimum atomic E-state index is -0.994. The lowest BCUT2D eigenvalue weighted by Gasteiger charge is -2.07. The predicted molar refractivity (Wildman–Crippen MR) is 70.7 cm³/mol. The van der Waals surface area contributed by atoms with Gasteiger partial charge in [0.1, 0.15) is 5.69 Å². The summed E-state index contributed by atoms with van der Waals surface area (Å²) in [5, 5.41) is 12.1. The van der Waals surface area contributed by atoms with Gasteiger partial charge in [0.25, 0.3) is 0 Å². The van der Waals surface area contributed by atoms with Gasteiger partial charge in [0, 0.05) is 6.54 Å². The molecule has 0 atom stereocenters. The van der Waals surface area contributed by atoms with Crippen LogP contribution >= 0.6 is 0 Å². The van der Waals surface area contributed by atoms with Gasteiger partial charge < -0.3 is 10.4 Å². The van der Waals surface area contributed by atoms with Gasteiger partial charge in [-0.05, 0) is 28.9 Å². The van der Waals surface area contributed by atoms with Crippen molar-refractivity contribution in [3.05, 3.63) is 24.0 Å². The Morgan fingerprint density at radius 2 is 1.94 bits per heavy atom. The SMILES string of the molecule is CC1(C)C(CNc2ccc(C(=O)O)nc2)C1(C)C. The molecule has 1 aliphatic rings. The van der Waals surface area contributed by atoms with Crippen molar-refractivity contribution in [1.82, 2.24) is 4.98 Å². The monoisotopic (exact) mass is 248 g/mol. The van der Waals surface area contributed by atoms with E-state index in [4.69, 9.17) is 5.11 Å². The number of hydrogen-bond acceptors (Lipinski definition) is 3. The fourth-order valence-electron chi connectivity index (χ4n) is 2.69. The van der Waals surface area contributed by atoms with Gasteiger partial charge in [-0.3, -0.25) is 0 Å². The topological polar surface area (TPSA) is 62.2 Å². The summed E-state index contributed by atoms with van der Waals surface area (Å²) in [7, 11) is 0. The van der Waals surface area contributed by atoms with Crippen molar-refractivity contribution in [2.75, 3.05) is 11.9 Å². The molecule has 0 unspecified atom stereocenters. The highest BCUT2D eigenvalue weighted by Crippen LogP contribution is 2.68. The van der Waals surface area contributed by atoms with Crippen LogP contribution in [0.25, 0.3) is 0 Å². The zero-order chi connectivity index (χ0) is 13.6. The maximum Gasteiger partial charge on any atom is 0.354 e. The van der Waals surface area contributed by atoms with E-state index >= 15 is 0 Å². The maximum absolute atomic E-state index is 10.7. The van der Waals surface area contributed by atoms with Crippen molar-refractivity contribution < 1.29 is 9.90 Å². The molecule has 0 radical (unpaired) electrons. The Bertz CT molecular complexity index is 449. The Morgan fingerprint density at radius 1 is 1.33 bits per heavy atom. The Morgan fingerprint density at radius 3 is 2.33 bits per heavy atom. The molecule has 0 aromatic carbocycles. The van der Waals surface area contributed by atoms with Gasteiger partial charge in [0.05, 0.1) is 11.9 Å². The summed E-state index contributed by atoms with van der Waals surface area (Å²) in [5.41, 5.74) is 1.66. The van der Waals surface area contributed by atoms with E-state index in [-0.39, 0.29) is 5.69 Å². The van der Waals surface area contributed by atoms with Crippen LogP contribution in [0.5, 0.6) is 0 Å². The number of carboxylic acid groups (broad SMARTS) is 1. The molecule has 0 bridgehead atoms. The first-order valence-corrected chi connectivity index (χ1v) is 6.20. The van der Waals surface area contributed by atoms with Gasteiger partial charge in [-0.2, -0.15) is 0 Å². The number of hydrogen-bond donors (Lipinski definition) is 2. The molecule has 1 aliphatic carbocycles. The fraction of sp³-hybridized carbons (Fsp3) is 0.571. The number of pyridine rings is 1. The van der Waals surface area contributed by atoms with Gasteiger partial charge in [-0.1, -0.05) is 27.7 Å². The molecule has 0 spiro atoms. The van der Waals surface area contributed by atoms with Crippen LogP contribution in [0.4, 0.5) is 5.69 Å². The molecule has 4 nitrogen and oxygen atoms in total. The molecule has 0 saturated heterocycles. The van der Waals surface area contributed by atoms with Crippen molar-refractivity contribution in [2.45, 2.75) is 27.7 Å². The van der Waals surface area contributed by atoms with Gasteiger partial charge in [0.15, 0.2) is 0 Å². The predicted octanol–water partition coefficient (Wildman–Crippen LogP) is 2.87. The minimum Gasteiger partial charge on any atom is -0.477 e. The van der Waals surface area contributed by atoms with E-state index in [1.165, 1.54) is 6.07 Å². The summed E-state index contributed by atoms with van der Waals surface area (Å²) in [6.45, 7) is 10.0. The van der Waals surface area contributed by atoms with Gasteiger partial charge in [-0.25, -0.2) is 9.78 Å². The number of rotatable bonds is 4. The number of carbonyl (C=O) groups is 1. The first-order valence-electron chi connectivity index (χ1n) is 6.20. The van der Waals surface area contributed by atoms with Crippen LogP contribution in [0.15, 0.2) is 18.3 Å². The van der Waals surface area contributed by atoms with Crippen molar-refractivity contribution in [3.63, 3.8) is 0 Å². The lowest BCUT2D eigenvalue weighted by atomic mass is 10.0. The fourth-order valence-corrected chi connectivity index (χ4v) is 2.69. The number of nitrogens with zero attached hydrogens (tertiary/aromatic N) is 1. The average molecular weight is 248 g/mol. The largest absolute Gasteiger partial charge is 0.477 e. The summed E-state index contributed by atoms with van der Waals surface area (Å²) in [5.74, 6) is -0.366. The van der Waals surface area contributed by atoms with Gasteiger partial charge in [-0.15, -0.1) is 0 Å². The number of nitrogens with one attached hydrogen (secondary N) is 1. The Balaban J connectivity index is 1.94. The molecule has 1 saturated carbocycles. The summed E-state index contributed by atoms with van der Waals surface area (Å²) < 4.78 is 0. The molecule has 1 fully saturated rings. The Labute approximate surface area is 107 Å². The summed E-state index contributed by atoms with van der Waals surface area (Å²) in [6, 6.07) is 3.28. The average Bonchev–Trinajstić information content (AvgIpc) is 2.67. The molecular formula is C14H20N2O2. The molecule has 1 heterocycles. The summed E-state index contributed by atoms with van der Waals surface area (Å²) >= 11 is 0. The van der Waals surface area contributed by atoms with Crippen LogP contribution in [0.1, 0.15) is 38.2 Å². The van der Waals surface area contributed by atoms with E-state index in [1.807, 2.05) is 0 Å². The smallest absolute Gasteiger partial charge is 0.354 e. The van der Waals surface area contributed by atoms with Crippen LogP contribution in [-0.4, -0.2) is 22.6 Å². The molecule has 1 aromatic rings. The standard InChI is InChI=1S/C14H20N2O2/c1-13(2)11(14(13,3)4)8-15-9-5-6-10(12(17)18)16-7-9/h5-7,11,15H,8H2,1-4H3,(H,17,18). The molecule has 0 amide bonds. The number of anilines is 1. The van der Waals surface area contributed by atoms with E-state index in [9.17, 15) is 4.79 Å². The van der Waals surface area contributed by atoms with E-state index in [2.05, 4.69) is 38.0 Å². The first kappa shape index (κ1) is 12.9. The lowest BCUT2D eigenvalue weighted by Crippen LogP contribution is -2.09. The number of aromatic carboxylic acids is 1. The van der Waals surface area contributed by atoms with E-state index in [0.717, 1.165) is 12.2 Å². The first-order chi connectivity index (χ1) is 8.26. The van der Waals surface area contributed by atoms with Crippen molar-refractivity contribution in [3.8, 4) is 0 Å². The molecule has 18 heavy (non-hydrogen) atoms. The molecule has 0 aliphatic heterocycles. The summed E-state index contributed by atoms with van der Waals surface area (Å²) in [6.07, 6.45) is 1.58. The highest BCUT2D eigenvalue weighted by molar-refractivity contribution is 5.85. The number of aromatic nitrogens is 1. The third-order valence-electron chi connectivity index (χ3n) is 4.81. The zero-order valence-corrected chi connectivity index (χ0v) is 11.3. The van der Waals surface area contributed by atoms with Gasteiger partial charge in [0.2, 0.25) is 0 Å². The maximum atomic E-state index is 10.7. The van der Waals surface area contributed by atoms with E-state index < -0.39 is 5.97 Å². The lowest BCUT2D eigenvalue weighted by molar-refractivity contribution is 0.0690. The van der Waals surface area contributed by atoms with E-state index in [0.29, 0.717) is 16.7 Å². The quantitative estimate of drug-likeness (QED) is 0.860. The minimum absolute atomic E-state index is 0.0765. The third kappa shape index (κ3) is 1.96. The molecular weight excluding hydrogens is 228 g/mol. The molecule has 2 N–H and O–H groups in total.